The molecule has 0 aliphatic heterocycles. The van der Waals surface area contributed by atoms with E-state index in [2.05, 4.69) is 86.6 Å². The Kier molecular flexibility index (Phi) is 5.41. The third-order valence-corrected chi connectivity index (χ3v) is 7.52. The van der Waals surface area contributed by atoms with Crippen molar-refractivity contribution < 1.29 is 0 Å². The topological polar surface area (TPSA) is 51.6 Å². The number of rotatable bonds is 4. The fourth-order valence-electron chi connectivity index (χ4n) is 5.47. The lowest BCUT2D eigenvalue weighted by Crippen LogP contribution is -2.17. The zero-order valence-corrected chi connectivity index (χ0v) is 21.8. The van der Waals surface area contributed by atoms with Crippen LogP contribution in [0.3, 0.4) is 0 Å². The standard InChI is InChI=1S/C35H26N4/c1-35(2)29-19-10-9-18-27(29)28-22-36-33(39-32(28)35)25-16-11-17-26(20-25)34-37-30(23-12-5-3-6-13-23)21-31(38-34)24-14-7-4-8-15-24/h3-22H,1-2H3. The molecule has 0 N–H and O–H groups in total. The fourth-order valence-corrected chi connectivity index (χ4v) is 5.47. The first-order valence-corrected chi connectivity index (χ1v) is 13.2. The number of aromatic nitrogens is 4. The molecule has 0 bridgehead atoms. The van der Waals surface area contributed by atoms with Gasteiger partial charge < -0.3 is 0 Å². The van der Waals surface area contributed by atoms with Crippen LogP contribution in [-0.4, -0.2) is 19.9 Å². The predicted octanol–water partition coefficient (Wildman–Crippen LogP) is 8.24. The molecule has 186 valence electrons. The highest BCUT2D eigenvalue weighted by atomic mass is 14.9. The zero-order valence-electron chi connectivity index (χ0n) is 21.8. The molecule has 0 saturated heterocycles. The molecule has 4 heteroatoms. The molecule has 0 radical (unpaired) electrons. The Morgan fingerprint density at radius 1 is 0.487 bits per heavy atom. The molecule has 4 aromatic carbocycles. The van der Waals surface area contributed by atoms with Gasteiger partial charge in [0.15, 0.2) is 11.6 Å². The molecular weight excluding hydrogens is 476 g/mol. The van der Waals surface area contributed by atoms with Crippen LogP contribution >= 0.6 is 0 Å². The molecule has 0 fully saturated rings. The van der Waals surface area contributed by atoms with E-state index in [1.54, 1.807) is 0 Å². The highest BCUT2D eigenvalue weighted by Crippen LogP contribution is 2.47. The minimum atomic E-state index is -0.182. The summed E-state index contributed by atoms with van der Waals surface area (Å²) in [6, 6.07) is 39.3. The van der Waals surface area contributed by atoms with Crippen LogP contribution in [0.2, 0.25) is 0 Å². The van der Waals surface area contributed by atoms with E-state index >= 15 is 0 Å². The molecule has 1 aliphatic carbocycles. The van der Waals surface area contributed by atoms with Gasteiger partial charge in [0.25, 0.3) is 0 Å². The van der Waals surface area contributed by atoms with Gasteiger partial charge >= 0.3 is 0 Å². The molecule has 0 unspecified atom stereocenters. The van der Waals surface area contributed by atoms with Crippen molar-refractivity contribution in [2.45, 2.75) is 19.3 Å². The molecule has 0 spiro atoms. The Bertz CT molecular complexity index is 1770. The molecule has 4 nitrogen and oxygen atoms in total. The van der Waals surface area contributed by atoms with E-state index in [1.807, 2.05) is 48.7 Å². The van der Waals surface area contributed by atoms with Gasteiger partial charge in [0, 0.05) is 39.4 Å². The lowest BCUT2D eigenvalue weighted by Gasteiger charge is -2.20. The molecule has 0 atom stereocenters. The Morgan fingerprint density at radius 2 is 1.05 bits per heavy atom. The van der Waals surface area contributed by atoms with Crippen LogP contribution < -0.4 is 0 Å². The first-order chi connectivity index (χ1) is 19.1. The zero-order chi connectivity index (χ0) is 26.4. The Hall–Kier alpha value is -4.96. The quantitative estimate of drug-likeness (QED) is 0.244. The summed E-state index contributed by atoms with van der Waals surface area (Å²) < 4.78 is 0. The lowest BCUT2D eigenvalue weighted by atomic mass is 9.85. The number of hydrogen-bond donors (Lipinski definition) is 0. The first-order valence-electron chi connectivity index (χ1n) is 13.2. The summed E-state index contributed by atoms with van der Waals surface area (Å²) in [5.41, 5.74) is 10.3. The van der Waals surface area contributed by atoms with Gasteiger partial charge in [-0.15, -0.1) is 0 Å². The monoisotopic (exact) mass is 502 g/mol. The smallest absolute Gasteiger partial charge is 0.160 e. The molecule has 0 saturated carbocycles. The van der Waals surface area contributed by atoms with Crippen molar-refractivity contribution in [2.75, 3.05) is 0 Å². The van der Waals surface area contributed by atoms with Crippen LogP contribution in [-0.2, 0) is 5.41 Å². The highest BCUT2D eigenvalue weighted by molar-refractivity contribution is 5.80. The second-order valence-electron chi connectivity index (χ2n) is 10.4. The van der Waals surface area contributed by atoms with Crippen molar-refractivity contribution in [1.82, 2.24) is 19.9 Å². The van der Waals surface area contributed by atoms with Crippen molar-refractivity contribution in [2.24, 2.45) is 0 Å². The van der Waals surface area contributed by atoms with Gasteiger partial charge in [0.1, 0.15) is 0 Å². The fraction of sp³-hybridized carbons (Fsp3) is 0.0857. The van der Waals surface area contributed by atoms with E-state index in [1.165, 1.54) is 11.1 Å². The van der Waals surface area contributed by atoms with Gasteiger partial charge in [-0.05, 0) is 23.3 Å². The molecule has 7 rings (SSSR count). The summed E-state index contributed by atoms with van der Waals surface area (Å²) in [4.78, 5) is 19.9. The number of benzene rings is 4. The Morgan fingerprint density at radius 3 is 1.72 bits per heavy atom. The molecule has 1 aliphatic rings. The number of nitrogens with zero attached hydrogens (tertiary/aromatic N) is 4. The van der Waals surface area contributed by atoms with Gasteiger partial charge in [-0.1, -0.05) is 117 Å². The second kappa shape index (κ2) is 9.10. The Labute approximate surface area is 228 Å². The van der Waals surface area contributed by atoms with Crippen molar-refractivity contribution in [3.8, 4) is 56.4 Å². The minimum Gasteiger partial charge on any atom is -0.236 e. The third-order valence-electron chi connectivity index (χ3n) is 7.52. The average Bonchev–Trinajstić information content (AvgIpc) is 3.24. The lowest BCUT2D eigenvalue weighted by molar-refractivity contribution is 0.636. The van der Waals surface area contributed by atoms with Crippen LogP contribution in [0, 0.1) is 0 Å². The number of hydrogen-bond acceptors (Lipinski definition) is 4. The molecule has 0 amide bonds. The van der Waals surface area contributed by atoms with Crippen molar-refractivity contribution in [1.29, 1.82) is 0 Å². The van der Waals surface area contributed by atoms with Crippen molar-refractivity contribution in [3.63, 3.8) is 0 Å². The van der Waals surface area contributed by atoms with Gasteiger partial charge in [-0.25, -0.2) is 19.9 Å². The van der Waals surface area contributed by atoms with E-state index in [4.69, 9.17) is 19.9 Å². The van der Waals surface area contributed by atoms with Crippen molar-refractivity contribution in [3.05, 3.63) is 133 Å². The maximum Gasteiger partial charge on any atom is 0.160 e. The van der Waals surface area contributed by atoms with Crippen molar-refractivity contribution >= 4 is 0 Å². The van der Waals surface area contributed by atoms with E-state index in [0.717, 1.165) is 44.9 Å². The van der Waals surface area contributed by atoms with E-state index in [0.29, 0.717) is 11.6 Å². The summed E-state index contributed by atoms with van der Waals surface area (Å²) in [5, 5.41) is 0. The third kappa shape index (κ3) is 4.02. The predicted molar refractivity (Wildman–Crippen MR) is 157 cm³/mol. The van der Waals surface area contributed by atoms with Crippen LogP contribution in [0.1, 0.15) is 25.1 Å². The van der Waals surface area contributed by atoms with Crippen LogP contribution in [0.4, 0.5) is 0 Å². The van der Waals surface area contributed by atoms with E-state index in [9.17, 15) is 0 Å². The highest BCUT2D eigenvalue weighted by Gasteiger charge is 2.37. The second-order valence-corrected chi connectivity index (χ2v) is 10.4. The summed E-state index contributed by atoms with van der Waals surface area (Å²) in [7, 11) is 0. The van der Waals surface area contributed by atoms with Gasteiger partial charge in [-0.2, -0.15) is 0 Å². The maximum absolute atomic E-state index is 5.10. The first kappa shape index (κ1) is 23.2. The van der Waals surface area contributed by atoms with Gasteiger partial charge in [0.2, 0.25) is 0 Å². The Balaban J connectivity index is 1.34. The molecule has 39 heavy (non-hydrogen) atoms. The average molecular weight is 503 g/mol. The molecular formula is C35H26N4. The van der Waals surface area contributed by atoms with E-state index in [-0.39, 0.29) is 5.41 Å². The summed E-state index contributed by atoms with van der Waals surface area (Å²) in [5.74, 6) is 1.38. The molecule has 2 heterocycles. The van der Waals surface area contributed by atoms with E-state index < -0.39 is 0 Å². The van der Waals surface area contributed by atoms with Crippen LogP contribution in [0.5, 0.6) is 0 Å². The molecule has 2 aromatic heterocycles. The molecule has 6 aromatic rings. The van der Waals surface area contributed by atoms with Crippen LogP contribution in [0.25, 0.3) is 56.4 Å². The van der Waals surface area contributed by atoms with Gasteiger partial charge in [-0.3, -0.25) is 0 Å². The minimum absolute atomic E-state index is 0.182. The number of fused-ring (bicyclic) bond motifs is 3. The summed E-state index contributed by atoms with van der Waals surface area (Å²) in [6.45, 7) is 4.47. The SMILES string of the molecule is CC1(C)c2ccccc2-c2cnc(-c3cccc(-c4nc(-c5ccccc5)cc(-c5ccccc5)n4)c3)nc21. The summed E-state index contributed by atoms with van der Waals surface area (Å²) in [6.07, 6.45) is 1.97. The maximum atomic E-state index is 5.10. The largest absolute Gasteiger partial charge is 0.236 e. The van der Waals surface area contributed by atoms with Crippen LogP contribution in [0.15, 0.2) is 121 Å². The van der Waals surface area contributed by atoms with Gasteiger partial charge in [0.05, 0.1) is 17.1 Å². The normalized spacial score (nSPS) is 13.1. The summed E-state index contributed by atoms with van der Waals surface area (Å²) >= 11 is 0.